The van der Waals surface area contributed by atoms with Crippen LogP contribution in [-0.2, 0) is 4.74 Å². The van der Waals surface area contributed by atoms with Crippen LogP contribution in [0.4, 0.5) is 0 Å². The fourth-order valence-corrected chi connectivity index (χ4v) is 3.20. The van der Waals surface area contributed by atoms with E-state index in [2.05, 4.69) is 33.0 Å². The zero-order chi connectivity index (χ0) is 15.0. The van der Waals surface area contributed by atoms with E-state index in [1.807, 2.05) is 0 Å². The highest BCUT2D eigenvalue weighted by molar-refractivity contribution is 4.71. The summed E-state index contributed by atoms with van der Waals surface area (Å²) >= 11 is 0. The standard InChI is InChI=1S/C17H35NO2/c1-13(2)17(14(3)4)11-18-10-15(19)12-20-16-8-6-5-7-9-16/h13-19H,5-12H2,1-4H3. The molecule has 0 heterocycles. The molecule has 1 saturated carbocycles. The van der Waals surface area contributed by atoms with E-state index in [4.69, 9.17) is 4.74 Å². The summed E-state index contributed by atoms with van der Waals surface area (Å²) < 4.78 is 5.81. The fraction of sp³-hybridized carbons (Fsp3) is 1.00. The van der Waals surface area contributed by atoms with Crippen molar-refractivity contribution in [2.75, 3.05) is 19.7 Å². The van der Waals surface area contributed by atoms with Gasteiger partial charge in [0, 0.05) is 6.54 Å². The van der Waals surface area contributed by atoms with Gasteiger partial charge < -0.3 is 15.2 Å². The van der Waals surface area contributed by atoms with E-state index in [0.717, 1.165) is 6.54 Å². The molecule has 120 valence electrons. The van der Waals surface area contributed by atoms with E-state index in [1.165, 1.54) is 32.1 Å². The Morgan fingerprint density at radius 1 is 1.00 bits per heavy atom. The zero-order valence-electron chi connectivity index (χ0n) is 13.9. The molecular formula is C17H35NO2. The molecule has 0 aromatic rings. The first-order valence-electron chi connectivity index (χ1n) is 8.51. The van der Waals surface area contributed by atoms with Gasteiger partial charge >= 0.3 is 0 Å². The third-order valence-corrected chi connectivity index (χ3v) is 4.55. The second-order valence-electron chi connectivity index (χ2n) is 7.06. The van der Waals surface area contributed by atoms with Crippen LogP contribution in [0.2, 0.25) is 0 Å². The molecular weight excluding hydrogens is 250 g/mol. The van der Waals surface area contributed by atoms with Gasteiger partial charge in [-0.05, 0) is 37.1 Å². The number of aliphatic hydroxyl groups excluding tert-OH is 1. The van der Waals surface area contributed by atoms with Crippen molar-refractivity contribution in [3.8, 4) is 0 Å². The highest BCUT2D eigenvalue weighted by Gasteiger charge is 2.18. The van der Waals surface area contributed by atoms with E-state index < -0.39 is 0 Å². The summed E-state index contributed by atoms with van der Waals surface area (Å²) in [6.07, 6.45) is 6.25. The highest BCUT2D eigenvalue weighted by Crippen LogP contribution is 2.20. The molecule has 3 heteroatoms. The van der Waals surface area contributed by atoms with Gasteiger partial charge in [0.2, 0.25) is 0 Å². The molecule has 1 unspecified atom stereocenters. The van der Waals surface area contributed by atoms with Gasteiger partial charge in [-0.1, -0.05) is 47.0 Å². The highest BCUT2D eigenvalue weighted by atomic mass is 16.5. The van der Waals surface area contributed by atoms with Crippen LogP contribution in [0.5, 0.6) is 0 Å². The predicted octanol–water partition coefficient (Wildman–Crippen LogP) is 3.21. The Morgan fingerprint density at radius 2 is 1.60 bits per heavy atom. The van der Waals surface area contributed by atoms with Crippen LogP contribution in [0.3, 0.4) is 0 Å². The molecule has 1 aliphatic rings. The molecule has 20 heavy (non-hydrogen) atoms. The average Bonchev–Trinajstić information content (AvgIpc) is 2.41. The Morgan fingerprint density at radius 3 is 2.15 bits per heavy atom. The molecule has 0 bridgehead atoms. The topological polar surface area (TPSA) is 41.5 Å². The number of rotatable bonds is 9. The molecule has 0 saturated heterocycles. The van der Waals surface area contributed by atoms with Crippen LogP contribution in [0.25, 0.3) is 0 Å². The van der Waals surface area contributed by atoms with Crippen molar-refractivity contribution in [2.45, 2.75) is 72.0 Å². The van der Waals surface area contributed by atoms with Crippen molar-refractivity contribution in [1.82, 2.24) is 5.32 Å². The van der Waals surface area contributed by atoms with E-state index in [1.54, 1.807) is 0 Å². The Labute approximate surface area is 125 Å². The summed E-state index contributed by atoms with van der Waals surface area (Å²) in [6, 6.07) is 0. The number of nitrogens with one attached hydrogen (secondary N) is 1. The minimum absolute atomic E-state index is 0.378. The van der Waals surface area contributed by atoms with Gasteiger partial charge in [-0.15, -0.1) is 0 Å². The monoisotopic (exact) mass is 285 g/mol. The Balaban J connectivity index is 2.11. The zero-order valence-corrected chi connectivity index (χ0v) is 13.9. The second kappa shape index (κ2) is 9.75. The van der Waals surface area contributed by atoms with Gasteiger partial charge in [0.1, 0.15) is 0 Å². The van der Waals surface area contributed by atoms with Crippen LogP contribution in [-0.4, -0.2) is 37.0 Å². The van der Waals surface area contributed by atoms with E-state index in [0.29, 0.717) is 37.0 Å². The van der Waals surface area contributed by atoms with Gasteiger partial charge in [0.05, 0.1) is 18.8 Å². The van der Waals surface area contributed by atoms with E-state index >= 15 is 0 Å². The van der Waals surface area contributed by atoms with Gasteiger partial charge in [-0.2, -0.15) is 0 Å². The molecule has 0 aromatic heterocycles. The molecule has 0 amide bonds. The molecule has 1 atom stereocenters. The molecule has 1 rings (SSSR count). The van der Waals surface area contributed by atoms with Crippen molar-refractivity contribution in [2.24, 2.45) is 17.8 Å². The third kappa shape index (κ3) is 7.05. The Hall–Kier alpha value is -0.120. The first-order valence-corrected chi connectivity index (χ1v) is 8.51. The number of hydrogen-bond acceptors (Lipinski definition) is 3. The van der Waals surface area contributed by atoms with Gasteiger partial charge in [-0.3, -0.25) is 0 Å². The van der Waals surface area contributed by atoms with Crippen LogP contribution in [0, 0.1) is 17.8 Å². The smallest absolute Gasteiger partial charge is 0.0897 e. The van der Waals surface area contributed by atoms with Crippen molar-refractivity contribution in [1.29, 1.82) is 0 Å². The van der Waals surface area contributed by atoms with E-state index in [9.17, 15) is 5.11 Å². The van der Waals surface area contributed by atoms with Crippen LogP contribution >= 0.6 is 0 Å². The minimum atomic E-state index is -0.378. The van der Waals surface area contributed by atoms with Gasteiger partial charge in [-0.25, -0.2) is 0 Å². The maximum Gasteiger partial charge on any atom is 0.0897 e. The van der Waals surface area contributed by atoms with Crippen LogP contribution in [0.1, 0.15) is 59.8 Å². The normalized spacial score (nSPS) is 19.2. The molecule has 1 fully saturated rings. The molecule has 3 nitrogen and oxygen atoms in total. The lowest BCUT2D eigenvalue weighted by Gasteiger charge is -2.26. The third-order valence-electron chi connectivity index (χ3n) is 4.55. The number of ether oxygens (including phenoxy) is 1. The summed E-state index contributed by atoms with van der Waals surface area (Å²) in [5.74, 6) is 2.03. The van der Waals surface area contributed by atoms with Crippen LogP contribution in [0.15, 0.2) is 0 Å². The van der Waals surface area contributed by atoms with Crippen LogP contribution < -0.4 is 5.32 Å². The number of hydrogen-bond donors (Lipinski definition) is 2. The van der Waals surface area contributed by atoms with Crippen molar-refractivity contribution >= 4 is 0 Å². The van der Waals surface area contributed by atoms with E-state index in [-0.39, 0.29) is 6.10 Å². The lowest BCUT2D eigenvalue weighted by atomic mass is 9.85. The molecule has 0 aliphatic heterocycles. The summed E-state index contributed by atoms with van der Waals surface area (Å²) in [7, 11) is 0. The first kappa shape index (κ1) is 17.9. The van der Waals surface area contributed by atoms with Crippen molar-refractivity contribution in [3.05, 3.63) is 0 Å². The van der Waals surface area contributed by atoms with Crippen molar-refractivity contribution < 1.29 is 9.84 Å². The first-order chi connectivity index (χ1) is 9.50. The molecule has 0 spiro atoms. The summed E-state index contributed by atoms with van der Waals surface area (Å²) in [4.78, 5) is 0. The SMILES string of the molecule is CC(C)C(CNCC(O)COC1CCCCC1)C(C)C. The quantitative estimate of drug-likeness (QED) is 0.683. The fourth-order valence-electron chi connectivity index (χ4n) is 3.20. The second-order valence-corrected chi connectivity index (χ2v) is 7.06. The summed E-state index contributed by atoms with van der Waals surface area (Å²) in [5, 5.41) is 13.4. The molecule has 1 aliphatic carbocycles. The molecule has 0 radical (unpaired) electrons. The minimum Gasteiger partial charge on any atom is -0.389 e. The summed E-state index contributed by atoms with van der Waals surface area (Å²) in [6.45, 7) is 11.2. The lowest BCUT2D eigenvalue weighted by Crippen LogP contribution is -2.37. The molecule has 2 N–H and O–H groups in total. The molecule has 0 aromatic carbocycles. The largest absolute Gasteiger partial charge is 0.389 e. The maximum absolute atomic E-state index is 9.98. The number of aliphatic hydroxyl groups is 1. The average molecular weight is 285 g/mol. The van der Waals surface area contributed by atoms with Gasteiger partial charge in [0.15, 0.2) is 0 Å². The maximum atomic E-state index is 9.98. The predicted molar refractivity (Wildman–Crippen MR) is 84.9 cm³/mol. The Bertz CT molecular complexity index is 229. The Kier molecular flexibility index (Phi) is 8.74. The lowest BCUT2D eigenvalue weighted by molar-refractivity contribution is -0.0233. The van der Waals surface area contributed by atoms with Crippen molar-refractivity contribution in [3.63, 3.8) is 0 Å². The summed E-state index contributed by atoms with van der Waals surface area (Å²) in [5.41, 5.74) is 0. The van der Waals surface area contributed by atoms with Gasteiger partial charge in [0.25, 0.3) is 0 Å².